The van der Waals surface area contributed by atoms with E-state index in [-0.39, 0.29) is 5.91 Å². The number of carbonyl (C=O) groups is 1. The fourth-order valence-electron chi connectivity index (χ4n) is 1.72. The van der Waals surface area contributed by atoms with Crippen LogP contribution < -0.4 is 10.1 Å². The summed E-state index contributed by atoms with van der Waals surface area (Å²) < 4.78 is 5.72. The normalized spacial score (nSPS) is 11.2. The number of H-pyrrole nitrogens is 1. The first-order chi connectivity index (χ1) is 9.90. The van der Waals surface area contributed by atoms with Crippen molar-refractivity contribution in [3.63, 3.8) is 0 Å². The molecule has 2 rings (SSSR count). The average molecular weight is 308 g/mol. The Hall–Kier alpha value is -2.01. The number of benzene rings is 1. The second-order valence-corrected chi connectivity index (χ2v) is 5.59. The lowest BCUT2D eigenvalue weighted by molar-refractivity contribution is -0.128. The van der Waals surface area contributed by atoms with Crippen LogP contribution in [0.15, 0.2) is 30.3 Å². The monoisotopic (exact) mass is 307 g/mol. The Balaban J connectivity index is 2.03. The number of aromatic nitrogens is 2. The zero-order chi connectivity index (χ0) is 15.5. The summed E-state index contributed by atoms with van der Waals surface area (Å²) in [6.45, 7) is 5.40. The van der Waals surface area contributed by atoms with Crippen LogP contribution >= 0.6 is 11.6 Å². The Bertz CT molecular complexity index is 620. The maximum Gasteiger partial charge on any atom is 0.269 e. The predicted octanol–water partition coefficient (Wildman–Crippen LogP) is 3.42. The van der Waals surface area contributed by atoms with Crippen LogP contribution in [0.25, 0.3) is 0 Å². The molecule has 0 aliphatic rings. The van der Waals surface area contributed by atoms with E-state index >= 15 is 0 Å². The lowest BCUT2D eigenvalue weighted by Crippen LogP contribution is -2.42. The molecule has 0 radical (unpaired) electrons. The van der Waals surface area contributed by atoms with Gasteiger partial charge in [0.2, 0.25) is 0 Å². The van der Waals surface area contributed by atoms with Gasteiger partial charge in [-0.2, -0.15) is 5.10 Å². The first-order valence-corrected chi connectivity index (χ1v) is 7.09. The Morgan fingerprint density at radius 2 is 2.05 bits per heavy atom. The molecule has 0 aliphatic carbocycles. The lowest BCUT2D eigenvalue weighted by Gasteiger charge is -2.24. The molecule has 21 heavy (non-hydrogen) atoms. The number of nitrogens with one attached hydrogen (secondary N) is 2. The zero-order valence-electron chi connectivity index (χ0n) is 12.2. The molecule has 0 spiro atoms. The van der Waals surface area contributed by atoms with Gasteiger partial charge in [-0.05, 0) is 44.5 Å². The maximum absolute atomic E-state index is 12.3. The van der Waals surface area contributed by atoms with E-state index in [9.17, 15) is 4.79 Å². The molecule has 0 aliphatic heterocycles. The fraction of sp³-hybridized carbons (Fsp3) is 0.333. The first kappa shape index (κ1) is 15.4. The summed E-state index contributed by atoms with van der Waals surface area (Å²) in [5.41, 5.74) is -0.0687. The number of aryl methyl sites for hydroxylation is 1. The Kier molecular flexibility index (Phi) is 4.53. The van der Waals surface area contributed by atoms with Gasteiger partial charge in [-0.25, -0.2) is 0 Å². The smallest absolute Gasteiger partial charge is 0.269 e. The number of aromatic amines is 1. The van der Waals surface area contributed by atoms with Crippen LogP contribution in [-0.4, -0.2) is 21.7 Å². The first-order valence-electron chi connectivity index (χ1n) is 6.71. The second-order valence-electron chi connectivity index (χ2n) is 5.15. The van der Waals surface area contributed by atoms with E-state index in [0.29, 0.717) is 16.6 Å². The van der Waals surface area contributed by atoms with Crippen LogP contribution in [-0.2, 0) is 11.2 Å². The highest BCUT2D eigenvalue weighted by molar-refractivity contribution is 6.30. The number of hydrogen-bond acceptors (Lipinski definition) is 3. The zero-order valence-corrected chi connectivity index (χ0v) is 13.0. The van der Waals surface area contributed by atoms with Crippen molar-refractivity contribution in [2.24, 2.45) is 0 Å². The van der Waals surface area contributed by atoms with Gasteiger partial charge in [0.1, 0.15) is 5.75 Å². The number of nitrogens with zero attached hydrogens (tertiary/aromatic N) is 1. The van der Waals surface area contributed by atoms with Gasteiger partial charge < -0.3 is 10.1 Å². The van der Waals surface area contributed by atoms with Crippen LogP contribution in [0.4, 0.5) is 5.82 Å². The van der Waals surface area contributed by atoms with E-state index in [1.807, 2.05) is 6.92 Å². The third-order valence-electron chi connectivity index (χ3n) is 2.99. The number of carbonyl (C=O) groups excluding carboxylic acids is 1. The van der Waals surface area contributed by atoms with Gasteiger partial charge in [-0.15, -0.1) is 0 Å². The van der Waals surface area contributed by atoms with Gasteiger partial charge in [0, 0.05) is 16.8 Å². The standard InChI is InChI=1S/C15H18ClN3O2/c1-4-11-9-13(19-18-11)17-14(20)15(2,3)21-12-7-5-10(16)6-8-12/h5-9H,4H2,1-3H3,(H2,17,18,19,20). The van der Waals surface area contributed by atoms with Crippen molar-refractivity contribution in [1.29, 1.82) is 0 Å². The fourth-order valence-corrected chi connectivity index (χ4v) is 1.84. The Morgan fingerprint density at radius 3 is 2.62 bits per heavy atom. The molecule has 0 atom stereocenters. The lowest BCUT2D eigenvalue weighted by atomic mass is 10.1. The minimum atomic E-state index is -1.03. The number of ether oxygens (including phenoxy) is 1. The van der Waals surface area contributed by atoms with Crippen LogP contribution in [0.3, 0.4) is 0 Å². The molecule has 1 heterocycles. The van der Waals surface area contributed by atoms with Gasteiger partial charge in [0.25, 0.3) is 5.91 Å². The van der Waals surface area contributed by atoms with E-state index in [2.05, 4.69) is 15.5 Å². The summed E-state index contributed by atoms with van der Waals surface area (Å²) in [7, 11) is 0. The molecule has 0 saturated carbocycles. The van der Waals surface area contributed by atoms with Gasteiger partial charge >= 0.3 is 0 Å². The van der Waals surface area contributed by atoms with Gasteiger partial charge in [-0.1, -0.05) is 18.5 Å². The highest BCUT2D eigenvalue weighted by Gasteiger charge is 2.30. The van der Waals surface area contributed by atoms with E-state index in [1.165, 1.54) is 0 Å². The van der Waals surface area contributed by atoms with Crippen molar-refractivity contribution >= 4 is 23.3 Å². The Labute approximate surface area is 128 Å². The number of hydrogen-bond donors (Lipinski definition) is 2. The van der Waals surface area contributed by atoms with Crippen LogP contribution in [0.1, 0.15) is 26.5 Å². The maximum atomic E-state index is 12.3. The summed E-state index contributed by atoms with van der Waals surface area (Å²) in [5, 5.41) is 10.2. The third kappa shape index (κ3) is 3.98. The molecular weight excluding hydrogens is 290 g/mol. The van der Waals surface area contributed by atoms with Crippen molar-refractivity contribution in [3.05, 3.63) is 41.0 Å². The molecule has 112 valence electrons. The molecule has 0 fully saturated rings. The molecule has 0 unspecified atom stereocenters. The van der Waals surface area contributed by atoms with Crippen LogP contribution in [0.2, 0.25) is 5.02 Å². The SMILES string of the molecule is CCc1cc(NC(=O)C(C)(C)Oc2ccc(Cl)cc2)n[nH]1. The minimum Gasteiger partial charge on any atom is -0.478 e. The summed E-state index contributed by atoms with van der Waals surface area (Å²) in [5.74, 6) is 0.798. The molecule has 5 nitrogen and oxygen atoms in total. The minimum absolute atomic E-state index is 0.272. The van der Waals surface area contributed by atoms with E-state index in [4.69, 9.17) is 16.3 Å². The van der Waals surface area contributed by atoms with E-state index in [1.54, 1.807) is 44.2 Å². The molecule has 1 amide bonds. The van der Waals surface area contributed by atoms with Crippen molar-refractivity contribution in [2.75, 3.05) is 5.32 Å². The summed E-state index contributed by atoms with van der Waals surface area (Å²) in [6, 6.07) is 8.68. The topological polar surface area (TPSA) is 67.0 Å². The molecule has 6 heteroatoms. The third-order valence-corrected chi connectivity index (χ3v) is 3.24. The van der Waals surface area contributed by atoms with Gasteiger partial charge in [-0.3, -0.25) is 9.89 Å². The Morgan fingerprint density at radius 1 is 1.38 bits per heavy atom. The van der Waals surface area contributed by atoms with Crippen molar-refractivity contribution < 1.29 is 9.53 Å². The quantitative estimate of drug-likeness (QED) is 0.889. The highest BCUT2D eigenvalue weighted by atomic mass is 35.5. The van der Waals surface area contributed by atoms with Gasteiger partial charge in [0.15, 0.2) is 11.4 Å². The largest absolute Gasteiger partial charge is 0.478 e. The molecule has 2 N–H and O–H groups in total. The number of rotatable bonds is 5. The molecule has 2 aromatic rings. The molecule has 0 bridgehead atoms. The summed E-state index contributed by atoms with van der Waals surface area (Å²) in [6.07, 6.45) is 0.827. The summed E-state index contributed by atoms with van der Waals surface area (Å²) >= 11 is 5.82. The summed E-state index contributed by atoms with van der Waals surface area (Å²) in [4.78, 5) is 12.3. The van der Waals surface area contributed by atoms with Crippen molar-refractivity contribution in [3.8, 4) is 5.75 Å². The number of anilines is 1. The van der Waals surface area contributed by atoms with Gasteiger partial charge in [0.05, 0.1) is 0 Å². The number of amides is 1. The predicted molar refractivity (Wildman–Crippen MR) is 82.8 cm³/mol. The van der Waals surface area contributed by atoms with Crippen molar-refractivity contribution in [1.82, 2.24) is 10.2 Å². The van der Waals surface area contributed by atoms with Crippen molar-refractivity contribution in [2.45, 2.75) is 32.8 Å². The average Bonchev–Trinajstić information content (AvgIpc) is 2.89. The molecule has 1 aromatic carbocycles. The van der Waals surface area contributed by atoms with E-state index < -0.39 is 5.60 Å². The molecular formula is C15H18ClN3O2. The van der Waals surface area contributed by atoms with E-state index in [0.717, 1.165) is 12.1 Å². The van der Waals surface area contributed by atoms with Crippen LogP contribution in [0, 0.1) is 0 Å². The second kappa shape index (κ2) is 6.18. The van der Waals surface area contributed by atoms with Crippen LogP contribution in [0.5, 0.6) is 5.75 Å². The molecule has 0 saturated heterocycles. The highest BCUT2D eigenvalue weighted by Crippen LogP contribution is 2.22. The number of halogens is 1. The molecule has 1 aromatic heterocycles.